The van der Waals surface area contributed by atoms with E-state index in [0.717, 1.165) is 16.9 Å². The Morgan fingerprint density at radius 3 is 2.75 bits per heavy atom. The Labute approximate surface area is 118 Å². The molecular weight excluding hydrogens is 254 g/mol. The Bertz CT molecular complexity index is 592. The van der Waals surface area contributed by atoms with E-state index in [1.165, 1.54) is 0 Å². The number of carbonyl (C=O) groups is 1. The van der Waals surface area contributed by atoms with Crippen LogP contribution in [0.3, 0.4) is 0 Å². The zero-order chi connectivity index (χ0) is 14.5. The van der Waals surface area contributed by atoms with Gasteiger partial charge in [0.15, 0.2) is 0 Å². The number of hydrogen-bond acceptors (Lipinski definition) is 3. The zero-order valence-corrected chi connectivity index (χ0v) is 11.8. The molecule has 0 saturated carbocycles. The molecule has 0 fully saturated rings. The number of hydrogen-bond donors (Lipinski definition) is 1. The highest BCUT2D eigenvalue weighted by atomic mass is 16.4. The normalized spacial score (nSPS) is 10.5. The first kappa shape index (κ1) is 14.1. The number of anilines is 1. The summed E-state index contributed by atoms with van der Waals surface area (Å²) in [6, 6.07) is 8.01. The molecule has 0 amide bonds. The SMILES string of the molecule is Cc1ccccc1N(CCC(=O)O)Cc1cncn1C. The molecule has 2 aromatic rings. The molecule has 106 valence electrons. The molecule has 0 aliphatic rings. The second-order valence-corrected chi connectivity index (χ2v) is 4.85. The molecule has 0 aliphatic heterocycles. The number of nitrogens with zero attached hydrogens (tertiary/aromatic N) is 3. The van der Waals surface area contributed by atoms with Gasteiger partial charge in [-0.25, -0.2) is 4.98 Å². The molecule has 20 heavy (non-hydrogen) atoms. The van der Waals surface area contributed by atoms with Crippen LogP contribution in [-0.2, 0) is 18.4 Å². The van der Waals surface area contributed by atoms with Crippen molar-refractivity contribution in [3.8, 4) is 0 Å². The number of rotatable bonds is 6. The third kappa shape index (κ3) is 3.38. The van der Waals surface area contributed by atoms with E-state index < -0.39 is 5.97 Å². The summed E-state index contributed by atoms with van der Waals surface area (Å²) in [6.07, 6.45) is 3.68. The van der Waals surface area contributed by atoms with Crippen molar-refractivity contribution in [2.24, 2.45) is 7.05 Å². The van der Waals surface area contributed by atoms with Gasteiger partial charge in [-0.1, -0.05) is 18.2 Å². The van der Waals surface area contributed by atoms with Gasteiger partial charge in [-0.2, -0.15) is 0 Å². The lowest BCUT2D eigenvalue weighted by atomic mass is 10.1. The summed E-state index contributed by atoms with van der Waals surface area (Å²) < 4.78 is 1.95. The quantitative estimate of drug-likeness (QED) is 0.876. The predicted octanol–water partition coefficient (Wildman–Crippen LogP) is 2.21. The highest BCUT2D eigenvalue weighted by Crippen LogP contribution is 2.21. The minimum Gasteiger partial charge on any atom is -0.481 e. The summed E-state index contributed by atoms with van der Waals surface area (Å²) in [5, 5.41) is 8.92. The first-order valence-electron chi connectivity index (χ1n) is 6.55. The van der Waals surface area contributed by atoms with E-state index in [1.807, 2.05) is 49.0 Å². The molecule has 5 nitrogen and oxygen atoms in total. The van der Waals surface area contributed by atoms with Gasteiger partial charge >= 0.3 is 5.97 Å². The Balaban J connectivity index is 2.23. The molecule has 0 bridgehead atoms. The van der Waals surface area contributed by atoms with E-state index in [9.17, 15) is 4.79 Å². The summed E-state index contributed by atoms with van der Waals surface area (Å²) >= 11 is 0. The van der Waals surface area contributed by atoms with Crippen molar-refractivity contribution in [3.05, 3.63) is 48.0 Å². The number of para-hydroxylation sites is 1. The van der Waals surface area contributed by atoms with Crippen LogP contribution < -0.4 is 4.90 Å². The van der Waals surface area contributed by atoms with Crippen LogP contribution in [0.1, 0.15) is 17.7 Å². The molecule has 0 radical (unpaired) electrons. The van der Waals surface area contributed by atoms with Crippen LogP contribution >= 0.6 is 0 Å². The largest absolute Gasteiger partial charge is 0.481 e. The van der Waals surface area contributed by atoms with Gasteiger partial charge in [-0.3, -0.25) is 4.79 Å². The molecule has 5 heteroatoms. The lowest BCUT2D eigenvalue weighted by Crippen LogP contribution is -2.27. The fourth-order valence-corrected chi connectivity index (χ4v) is 2.17. The smallest absolute Gasteiger partial charge is 0.305 e. The highest BCUT2D eigenvalue weighted by Gasteiger charge is 2.13. The summed E-state index contributed by atoms with van der Waals surface area (Å²) in [7, 11) is 1.94. The van der Waals surface area contributed by atoms with Crippen LogP contribution in [0.25, 0.3) is 0 Å². The maximum Gasteiger partial charge on any atom is 0.305 e. The number of aromatic nitrogens is 2. The van der Waals surface area contributed by atoms with Gasteiger partial charge < -0.3 is 14.6 Å². The fourth-order valence-electron chi connectivity index (χ4n) is 2.17. The Kier molecular flexibility index (Phi) is 4.40. The molecule has 0 atom stereocenters. The van der Waals surface area contributed by atoms with Crippen LogP contribution in [-0.4, -0.2) is 27.2 Å². The second kappa shape index (κ2) is 6.23. The van der Waals surface area contributed by atoms with Crippen LogP contribution in [0.2, 0.25) is 0 Å². The lowest BCUT2D eigenvalue weighted by molar-refractivity contribution is -0.136. The van der Waals surface area contributed by atoms with Crippen LogP contribution in [0.15, 0.2) is 36.8 Å². The fraction of sp³-hybridized carbons (Fsp3) is 0.333. The molecule has 0 aliphatic carbocycles. The molecule has 1 N–H and O–H groups in total. The molecule has 1 heterocycles. The lowest BCUT2D eigenvalue weighted by Gasteiger charge is -2.26. The van der Waals surface area contributed by atoms with Gasteiger partial charge in [0.1, 0.15) is 0 Å². The molecule has 1 aromatic carbocycles. The van der Waals surface area contributed by atoms with E-state index in [1.54, 1.807) is 6.33 Å². The van der Waals surface area contributed by atoms with E-state index in [0.29, 0.717) is 13.1 Å². The minimum atomic E-state index is -0.784. The van der Waals surface area contributed by atoms with Crippen molar-refractivity contribution in [2.75, 3.05) is 11.4 Å². The first-order valence-corrected chi connectivity index (χ1v) is 6.55. The van der Waals surface area contributed by atoms with Gasteiger partial charge in [0.2, 0.25) is 0 Å². The van der Waals surface area contributed by atoms with Gasteiger partial charge in [0, 0.05) is 25.5 Å². The predicted molar refractivity (Wildman–Crippen MR) is 77.7 cm³/mol. The zero-order valence-electron chi connectivity index (χ0n) is 11.8. The minimum absolute atomic E-state index is 0.117. The second-order valence-electron chi connectivity index (χ2n) is 4.85. The van der Waals surface area contributed by atoms with E-state index in [4.69, 9.17) is 5.11 Å². The van der Waals surface area contributed by atoms with Crippen molar-refractivity contribution in [1.82, 2.24) is 9.55 Å². The first-order chi connectivity index (χ1) is 9.58. The van der Waals surface area contributed by atoms with Gasteiger partial charge in [0.05, 0.1) is 25.0 Å². The topological polar surface area (TPSA) is 58.4 Å². The molecular formula is C15H19N3O2. The number of aryl methyl sites for hydroxylation is 2. The van der Waals surface area contributed by atoms with Crippen molar-refractivity contribution in [2.45, 2.75) is 19.9 Å². The molecule has 0 saturated heterocycles. The van der Waals surface area contributed by atoms with Crippen molar-refractivity contribution in [1.29, 1.82) is 0 Å². The van der Waals surface area contributed by atoms with Crippen LogP contribution in [0.4, 0.5) is 5.69 Å². The van der Waals surface area contributed by atoms with Gasteiger partial charge in [-0.05, 0) is 18.6 Å². The number of carboxylic acids is 1. The average Bonchev–Trinajstić information content (AvgIpc) is 2.81. The standard InChI is InChI=1S/C15H19N3O2/c1-12-5-3-4-6-14(12)18(8-7-15(19)20)10-13-9-16-11-17(13)2/h3-6,9,11H,7-8,10H2,1-2H3,(H,19,20). The summed E-state index contributed by atoms with van der Waals surface area (Å²) in [6.45, 7) is 3.16. The maximum absolute atomic E-state index is 10.8. The number of benzene rings is 1. The summed E-state index contributed by atoms with van der Waals surface area (Å²) in [5.74, 6) is -0.784. The van der Waals surface area contributed by atoms with E-state index in [2.05, 4.69) is 9.88 Å². The third-order valence-electron chi connectivity index (χ3n) is 3.32. The maximum atomic E-state index is 10.8. The monoisotopic (exact) mass is 273 g/mol. The van der Waals surface area contributed by atoms with Crippen LogP contribution in [0.5, 0.6) is 0 Å². The third-order valence-corrected chi connectivity index (χ3v) is 3.32. The van der Waals surface area contributed by atoms with Crippen molar-refractivity contribution in [3.63, 3.8) is 0 Å². The molecule has 1 aromatic heterocycles. The van der Waals surface area contributed by atoms with Gasteiger partial charge in [0.25, 0.3) is 0 Å². The Hall–Kier alpha value is -2.30. The average molecular weight is 273 g/mol. The molecule has 0 spiro atoms. The summed E-state index contributed by atoms with van der Waals surface area (Å²) in [5.41, 5.74) is 3.26. The number of imidazole rings is 1. The van der Waals surface area contributed by atoms with Crippen LogP contribution in [0, 0.1) is 6.92 Å². The van der Waals surface area contributed by atoms with Crippen molar-refractivity contribution >= 4 is 11.7 Å². The van der Waals surface area contributed by atoms with E-state index >= 15 is 0 Å². The highest BCUT2D eigenvalue weighted by molar-refractivity contribution is 5.68. The van der Waals surface area contributed by atoms with Crippen molar-refractivity contribution < 1.29 is 9.90 Å². The Morgan fingerprint density at radius 1 is 1.40 bits per heavy atom. The Morgan fingerprint density at radius 2 is 2.15 bits per heavy atom. The molecule has 0 unspecified atom stereocenters. The molecule has 2 rings (SSSR count). The van der Waals surface area contributed by atoms with E-state index in [-0.39, 0.29) is 6.42 Å². The van der Waals surface area contributed by atoms with Gasteiger partial charge in [-0.15, -0.1) is 0 Å². The summed E-state index contributed by atoms with van der Waals surface area (Å²) in [4.78, 5) is 17.0. The number of carboxylic acid groups (broad SMARTS) is 1. The number of aliphatic carboxylic acids is 1.